The first-order valence-corrected chi connectivity index (χ1v) is 10.5. The highest BCUT2D eigenvalue weighted by Gasteiger charge is 2.05. The van der Waals surface area contributed by atoms with Gasteiger partial charge >= 0.3 is 0 Å². The summed E-state index contributed by atoms with van der Waals surface area (Å²) >= 11 is 1.00. The fourth-order valence-corrected chi connectivity index (χ4v) is 2.92. The molecule has 0 heterocycles. The lowest BCUT2D eigenvalue weighted by atomic mass is 10.2. The summed E-state index contributed by atoms with van der Waals surface area (Å²) in [7, 11) is 0. The first-order chi connectivity index (χ1) is 14.0. The molecule has 0 aromatic heterocycles. The lowest BCUT2D eigenvalue weighted by Crippen LogP contribution is -2.26. The van der Waals surface area contributed by atoms with Crippen LogP contribution in [-0.4, -0.2) is 29.2 Å². The number of amides is 2. The van der Waals surface area contributed by atoms with E-state index in [1.807, 2.05) is 54.6 Å². The molecule has 154 valence electrons. The third-order valence-electron chi connectivity index (χ3n) is 3.93. The maximum Gasteiger partial charge on any atom is 0.230 e. The molecule has 0 saturated heterocycles. The van der Waals surface area contributed by atoms with Crippen LogP contribution < -0.4 is 15.4 Å². The van der Waals surface area contributed by atoms with Gasteiger partial charge < -0.3 is 15.4 Å². The molecule has 0 bridgehead atoms. The number of carbonyl (C=O) groups is 3. The number of hydrogen-bond acceptors (Lipinski definition) is 5. The van der Waals surface area contributed by atoms with Gasteiger partial charge in [-0.2, -0.15) is 0 Å². The predicted octanol–water partition coefficient (Wildman–Crippen LogP) is 4.37. The molecule has 0 fully saturated rings. The molecule has 2 aromatic rings. The molecule has 0 radical (unpaired) electrons. The van der Waals surface area contributed by atoms with Gasteiger partial charge in [0.15, 0.2) is 5.12 Å². The molecule has 6 nitrogen and oxygen atoms in total. The van der Waals surface area contributed by atoms with Gasteiger partial charge in [0, 0.05) is 25.6 Å². The number of thioether (sulfide) groups is 1. The molecule has 0 atom stereocenters. The monoisotopic (exact) mass is 414 g/mol. The van der Waals surface area contributed by atoms with Gasteiger partial charge in [-0.15, -0.1) is 0 Å². The van der Waals surface area contributed by atoms with Crippen LogP contribution in [0.15, 0.2) is 54.6 Å². The van der Waals surface area contributed by atoms with Crippen LogP contribution in [0.25, 0.3) is 0 Å². The van der Waals surface area contributed by atoms with Crippen molar-refractivity contribution < 1.29 is 19.1 Å². The molecule has 7 heteroatoms. The van der Waals surface area contributed by atoms with Crippen LogP contribution in [0.1, 0.15) is 32.6 Å². The third-order valence-corrected chi connectivity index (χ3v) is 4.74. The van der Waals surface area contributed by atoms with Crippen LogP contribution in [-0.2, 0) is 14.4 Å². The number of benzene rings is 2. The van der Waals surface area contributed by atoms with Gasteiger partial charge in [0.05, 0.1) is 5.75 Å². The molecule has 2 aromatic carbocycles. The Morgan fingerprint density at radius 1 is 0.862 bits per heavy atom. The molecule has 0 saturated carbocycles. The van der Waals surface area contributed by atoms with E-state index < -0.39 is 0 Å². The van der Waals surface area contributed by atoms with Crippen molar-refractivity contribution in [3.63, 3.8) is 0 Å². The van der Waals surface area contributed by atoms with Crippen LogP contribution in [0.5, 0.6) is 11.5 Å². The number of carbonyl (C=O) groups excluding carboxylic acids is 3. The first-order valence-electron chi connectivity index (χ1n) is 9.56. The summed E-state index contributed by atoms with van der Waals surface area (Å²) in [5.74, 6) is 1.45. The molecule has 29 heavy (non-hydrogen) atoms. The van der Waals surface area contributed by atoms with E-state index in [-0.39, 0.29) is 22.7 Å². The number of anilines is 1. The van der Waals surface area contributed by atoms with Gasteiger partial charge in [-0.05, 0) is 49.2 Å². The topological polar surface area (TPSA) is 84.5 Å². The second-order valence-electron chi connectivity index (χ2n) is 6.43. The minimum absolute atomic E-state index is 0.0383. The zero-order chi connectivity index (χ0) is 20.9. The normalized spacial score (nSPS) is 10.2. The zero-order valence-electron chi connectivity index (χ0n) is 16.5. The van der Waals surface area contributed by atoms with Gasteiger partial charge in [-0.3, -0.25) is 14.4 Å². The van der Waals surface area contributed by atoms with Crippen molar-refractivity contribution in [2.24, 2.45) is 0 Å². The van der Waals surface area contributed by atoms with E-state index >= 15 is 0 Å². The largest absolute Gasteiger partial charge is 0.457 e. The summed E-state index contributed by atoms with van der Waals surface area (Å²) in [6, 6.07) is 16.8. The second kappa shape index (κ2) is 12.6. The van der Waals surface area contributed by atoms with Crippen LogP contribution >= 0.6 is 11.8 Å². The van der Waals surface area contributed by atoms with Gasteiger partial charge in [-0.25, -0.2) is 0 Å². The predicted molar refractivity (Wildman–Crippen MR) is 116 cm³/mol. The summed E-state index contributed by atoms with van der Waals surface area (Å²) in [5, 5.41) is 5.57. The Morgan fingerprint density at radius 2 is 1.55 bits per heavy atom. The van der Waals surface area contributed by atoms with Gasteiger partial charge in [0.1, 0.15) is 11.5 Å². The molecule has 0 spiro atoms. The Bertz CT molecular complexity index is 794. The Balaban J connectivity index is 1.58. The second-order valence-corrected chi connectivity index (χ2v) is 7.58. The maximum atomic E-state index is 12.0. The molecule has 0 aliphatic carbocycles. The summed E-state index contributed by atoms with van der Waals surface area (Å²) in [4.78, 5) is 34.3. The summed E-state index contributed by atoms with van der Waals surface area (Å²) < 4.78 is 5.72. The van der Waals surface area contributed by atoms with Crippen molar-refractivity contribution >= 4 is 34.4 Å². The van der Waals surface area contributed by atoms with Crippen molar-refractivity contribution in [3.05, 3.63) is 54.6 Å². The number of hydrogen-bond donors (Lipinski definition) is 2. The van der Waals surface area contributed by atoms with Gasteiger partial charge in [-0.1, -0.05) is 36.4 Å². The summed E-state index contributed by atoms with van der Waals surface area (Å²) in [5.41, 5.74) is 0.727. The van der Waals surface area contributed by atoms with Gasteiger partial charge in [0.25, 0.3) is 0 Å². The Morgan fingerprint density at radius 3 is 2.24 bits per heavy atom. The number of ether oxygens (including phenoxy) is 1. The quantitative estimate of drug-likeness (QED) is 0.533. The number of para-hydroxylation sites is 1. The molecular weight excluding hydrogens is 388 g/mol. The SMILES string of the molecule is CC(=O)SCC(=O)NCCCCCC(=O)Nc1ccc(Oc2ccccc2)cc1. The van der Waals surface area contributed by atoms with Crippen LogP contribution in [0.2, 0.25) is 0 Å². The van der Waals surface area contributed by atoms with E-state index in [1.165, 1.54) is 6.92 Å². The molecule has 2 rings (SSSR count). The lowest BCUT2D eigenvalue weighted by molar-refractivity contribution is -0.119. The van der Waals surface area contributed by atoms with E-state index in [1.54, 1.807) is 0 Å². The fourth-order valence-electron chi connectivity index (χ4n) is 2.49. The Labute approximate surface area is 175 Å². The average Bonchev–Trinajstić information content (AvgIpc) is 2.71. The smallest absolute Gasteiger partial charge is 0.230 e. The molecule has 2 amide bonds. The van der Waals surface area contributed by atoms with Crippen LogP contribution in [0, 0.1) is 0 Å². The van der Waals surface area contributed by atoms with E-state index in [2.05, 4.69) is 10.6 Å². The summed E-state index contributed by atoms with van der Waals surface area (Å²) in [6.45, 7) is 2.00. The number of nitrogens with one attached hydrogen (secondary N) is 2. The van der Waals surface area contributed by atoms with Crippen molar-refractivity contribution in [2.45, 2.75) is 32.6 Å². The first kappa shape index (κ1) is 22.5. The molecular formula is C22H26N2O4S. The molecule has 2 N–H and O–H groups in total. The number of rotatable bonds is 11. The van der Waals surface area contributed by atoms with Crippen molar-refractivity contribution in [1.82, 2.24) is 5.32 Å². The van der Waals surface area contributed by atoms with E-state index in [4.69, 9.17) is 4.74 Å². The minimum atomic E-state index is -0.136. The number of unbranched alkanes of at least 4 members (excludes halogenated alkanes) is 2. The average molecular weight is 415 g/mol. The highest BCUT2D eigenvalue weighted by molar-refractivity contribution is 8.14. The zero-order valence-corrected chi connectivity index (χ0v) is 17.3. The minimum Gasteiger partial charge on any atom is -0.457 e. The Kier molecular flexibility index (Phi) is 9.78. The lowest BCUT2D eigenvalue weighted by Gasteiger charge is -2.08. The molecule has 0 aliphatic heterocycles. The van der Waals surface area contributed by atoms with Crippen LogP contribution in [0.4, 0.5) is 5.69 Å². The van der Waals surface area contributed by atoms with Crippen LogP contribution in [0.3, 0.4) is 0 Å². The third kappa shape index (κ3) is 9.80. The van der Waals surface area contributed by atoms with Crippen molar-refractivity contribution in [3.8, 4) is 11.5 Å². The Hall–Kier alpha value is -2.80. The highest BCUT2D eigenvalue weighted by atomic mass is 32.2. The van der Waals surface area contributed by atoms with Crippen molar-refractivity contribution in [2.75, 3.05) is 17.6 Å². The van der Waals surface area contributed by atoms with E-state index in [0.717, 1.165) is 42.5 Å². The standard InChI is InChI=1S/C22H26N2O4S/c1-17(25)29-16-22(27)23-15-7-3-6-10-21(26)24-18-11-13-20(14-12-18)28-19-8-4-2-5-9-19/h2,4-5,8-9,11-14H,3,6-7,10,15-16H2,1H3,(H,23,27)(H,24,26). The summed E-state index contributed by atoms with van der Waals surface area (Å²) in [6.07, 6.45) is 2.82. The highest BCUT2D eigenvalue weighted by Crippen LogP contribution is 2.22. The van der Waals surface area contributed by atoms with Crippen molar-refractivity contribution in [1.29, 1.82) is 0 Å². The fraction of sp³-hybridized carbons (Fsp3) is 0.318. The van der Waals surface area contributed by atoms with E-state index in [9.17, 15) is 14.4 Å². The maximum absolute atomic E-state index is 12.0. The molecule has 0 unspecified atom stereocenters. The molecule has 0 aliphatic rings. The van der Waals surface area contributed by atoms with E-state index in [0.29, 0.717) is 18.7 Å². The van der Waals surface area contributed by atoms with Gasteiger partial charge in [0.2, 0.25) is 11.8 Å².